The molecule has 8 heteroatoms. The van der Waals surface area contributed by atoms with Gasteiger partial charge in [0.1, 0.15) is 5.75 Å². The van der Waals surface area contributed by atoms with E-state index in [4.69, 9.17) is 4.74 Å². The number of anilines is 1. The molecule has 2 N–H and O–H groups in total. The molecule has 2 heterocycles. The van der Waals surface area contributed by atoms with Crippen LogP contribution in [0.4, 0.5) is 5.13 Å². The Morgan fingerprint density at radius 1 is 1.07 bits per heavy atom. The fourth-order valence-electron chi connectivity index (χ4n) is 2.95. The lowest BCUT2D eigenvalue weighted by atomic mass is 10.1. The number of aromatic nitrogens is 1. The summed E-state index contributed by atoms with van der Waals surface area (Å²) in [6, 6.07) is 9.98. The molecular weight excluding hydrogens is 418 g/mol. The van der Waals surface area contributed by atoms with Gasteiger partial charge in [-0.1, -0.05) is 6.07 Å². The van der Waals surface area contributed by atoms with Crippen LogP contribution < -0.4 is 15.4 Å². The van der Waals surface area contributed by atoms with Crippen molar-refractivity contribution in [2.75, 3.05) is 11.9 Å². The van der Waals surface area contributed by atoms with Gasteiger partial charge in [0.15, 0.2) is 5.13 Å². The van der Waals surface area contributed by atoms with Crippen molar-refractivity contribution in [2.45, 2.75) is 40.7 Å². The zero-order valence-electron chi connectivity index (χ0n) is 17.5. The van der Waals surface area contributed by atoms with Crippen molar-refractivity contribution in [3.05, 3.63) is 51.2 Å². The molecule has 0 saturated carbocycles. The highest BCUT2D eigenvalue weighted by atomic mass is 32.1. The Hall–Kier alpha value is -2.71. The molecule has 1 aromatic carbocycles. The largest absolute Gasteiger partial charge is 0.493 e. The van der Waals surface area contributed by atoms with E-state index in [1.54, 1.807) is 11.3 Å². The molecule has 0 spiro atoms. The molecule has 3 rings (SSSR count). The van der Waals surface area contributed by atoms with Crippen LogP contribution in [0.1, 0.15) is 34.2 Å². The molecule has 2 aromatic heterocycles. The highest BCUT2D eigenvalue weighted by Crippen LogP contribution is 2.34. The lowest BCUT2D eigenvalue weighted by Gasteiger charge is -2.08. The van der Waals surface area contributed by atoms with Gasteiger partial charge in [0, 0.05) is 16.7 Å². The first kappa shape index (κ1) is 22.0. The van der Waals surface area contributed by atoms with Gasteiger partial charge in [0.25, 0.3) is 0 Å². The second kappa shape index (κ2) is 9.86. The van der Waals surface area contributed by atoms with Crippen molar-refractivity contribution in [3.8, 4) is 16.3 Å². The fraction of sp³-hybridized carbons (Fsp3) is 0.318. The molecule has 30 heavy (non-hydrogen) atoms. The second-order valence-corrected chi connectivity index (χ2v) is 9.44. The van der Waals surface area contributed by atoms with E-state index in [9.17, 15) is 9.59 Å². The zero-order chi connectivity index (χ0) is 21.7. The molecule has 6 nitrogen and oxygen atoms in total. The molecule has 158 valence electrons. The van der Waals surface area contributed by atoms with E-state index in [1.165, 1.54) is 18.3 Å². The zero-order valence-corrected chi connectivity index (χ0v) is 19.1. The lowest BCUT2D eigenvalue weighted by Crippen LogP contribution is -2.17. The molecule has 0 aliphatic heterocycles. The van der Waals surface area contributed by atoms with Crippen LogP contribution in [0.2, 0.25) is 0 Å². The third kappa shape index (κ3) is 6.14. The summed E-state index contributed by atoms with van der Waals surface area (Å²) in [5.41, 5.74) is 3.13. The van der Waals surface area contributed by atoms with Crippen molar-refractivity contribution < 1.29 is 14.3 Å². The Balaban J connectivity index is 1.54. The summed E-state index contributed by atoms with van der Waals surface area (Å²) < 4.78 is 5.71. The minimum absolute atomic E-state index is 0.0544. The Morgan fingerprint density at radius 3 is 2.50 bits per heavy atom. The van der Waals surface area contributed by atoms with Gasteiger partial charge in [0.05, 0.1) is 30.1 Å². The van der Waals surface area contributed by atoms with E-state index in [2.05, 4.69) is 21.7 Å². The predicted molar refractivity (Wildman–Crippen MR) is 122 cm³/mol. The normalized spacial score (nSPS) is 10.7. The average molecular weight is 444 g/mol. The van der Waals surface area contributed by atoms with Gasteiger partial charge in [-0.25, -0.2) is 4.98 Å². The first-order chi connectivity index (χ1) is 14.3. The molecular formula is C22H25N3O3S2. The van der Waals surface area contributed by atoms with Crippen LogP contribution in [-0.4, -0.2) is 23.4 Å². The summed E-state index contributed by atoms with van der Waals surface area (Å²) >= 11 is 3.04. The van der Waals surface area contributed by atoms with E-state index >= 15 is 0 Å². The van der Waals surface area contributed by atoms with Crippen LogP contribution in [-0.2, 0) is 16.1 Å². The van der Waals surface area contributed by atoms with Crippen molar-refractivity contribution in [1.29, 1.82) is 0 Å². The third-order valence-corrected chi connectivity index (χ3v) is 6.22. The van der Waals surface area contributed by atoms with Crippen LogP contribution in [0.5, 0.6) is 5.75 Å². The number of carbonyl (C=O) groups excluding carboxylic acids is 2. The summed E-state index contributed by atoms with van der Waals surface area (Å²) in [6.07, 6.45) is 0.251. The third-order valence-electron chi connectivity index (χ3n) is 4.24. The van der Waals surface area contributed by atoms with Gasteiger partial charge in [-0.2, -0.15) is 0 Å². The molecule has 0 radical (unpaired) electrons. The number of hydrogen-bond acceptors (Lipinski definition) is 6. The number of benzene rings is 1. The smallest absolute Gasteiger partial charge is 0.229 e. The van der Waals surface area contributed by atoms with Crippen molar-refractivity contribution >= 4 is 39.6 Å². The first-order valence-electron chi connectivity index (χ1n) is 9.62. The maximum atomic E-state index is 12.3. The van der Waals surface area contributed by atoms with Crippen molar-refractivity contribution in [2.24, 2.45) is 0 Å². The number of nitrogens with one attached hydrogen (secondary N) is 2. The molecule has 0 aliphatic rings. The number of hydrogen-bond donors (Lipinski definition) is 2. The Labute approximate surface area is 184 Å². The van der Waals surface area contributed by atoms with Crippen LogP contribution in [0.15, 0.2) is 30.3 Å². The van der Waals surface area contributed by atoms with Crippen LogP contribution >= 0.6 is 22.7 Å². The van der Waals surface area contributed by atoms with Crippen LogP contribution in [0, 0.1) is 20.8 Å². The maximum Gasteiger partial charge on any atom is 0.229 e. The van der Waals surface area contributed by atoms with E-state index in [0.29, 0.717) is 18.3 Å². The summed E-state index contributed by atoms with van der Waals surface area (Å²) in [5.74, 6) is 0.596. The number of ether oxygens (including phenoxy) is 1. The maximum absolute atomic E-state index is 12.3. The Bertz CT molecular complexity index is 1040. The van der Waals surface area contributed by atoms with E-state index < -0.39 is 0 Å². The van der Waals surface area contributed by atoms with Crippen molar-refractivity contribution in [3.63, 3.8) is 0 Å². The molecule has 0 fully saturated rings. The predicted octanol–water partition coefficient (Wildman–Crippen LogP) is 4.84. The highest BCUT2D eigenvalue weighted by molar-refractivity contribution is 7.18. The molecule has 0 saturated heterocycles. The lowest BCUT2D eigenvalue weighted by molar-refractivity contribution is -0.119. The Kier molecular flexibility index (Phi) is 7.23. The van der Waals surface area contributed by atoms with Crippen LogP contribution in [0.3, 0.4) is 0 Å². The van der Waals surface area contributed by atoms with Gasteiger partial charge < -0.3 is 15.4 Å². The van der Waals surface area contributed by atoms with E-state index in [1.807, 2.05) is 45.0 Å². The molecule has 0 aliphatic carbocycles. The van der Waals surface area contributed by atoms with Crippen LogP contribution in [0.25, 0.3) is 10.6 Å². The number of amides is 2. The molecule has 0 bridgehead atoms. The second-order valence-electron chi connectivity index (χ2n) is 7.07. The number of nitrogens with zero attached hydrogens (tertiary/aromatic N) is 1. The minimum Gasteiger partial charge on any atom is -0.493 e. The van der Waals surface area contributed by atoms with Gasteiger partial charge in [-0.05, 0) is 56.2 Å². The van der Waals surface area contributed by atoms with Gasteiger partial charge in [-0.3, -0.25) is 9.59 Å². The summed E-state index contributed by atoms with van der Waals surface area (Å²) in [6.45, 7) is 8.34. The SMILES string of the molecule is CC(=O)NCc1ccc(-c2nc(NC(=O)CCOc3cc(C)cc(C)c3)sc2C)s1. The highest BCUT2D eigenvalue weighted by Gasteiger charge is 2.14. The number of rotatable bonds is 8. The molecule has 2 amide bonds. The quantitative estimate of drug-likeness (QED) is 0.522. The summed E-state index contributed by atoms with van der Waals surface area (Å²) in [4.78, 5) is 31.1. The molecule has 3 aromatic rings. The van der Waals surface area contributed by atoms with E-state index in [-0.39, 0.29) is 18.2 Å². The first-order valence-corrected chi connectivity index (χ1v) is 11.3. The standard InChI is InChI=1S/C22H25N3O3S2/c1-13-9-14(2)11-17(10-13)28-8-7-20(27)24-22-25-21(15(3)29-22)19-6-5-18(30-19)12-23-16(4)26/h5-6,9-11H,7-8,12H2,1-4H3,(H,23,26)(H,24,25,27). The summed E-state index contributed by atoms with van der Waals surface area (Å²) in [7, 11) is 0. The summed E-state index contributed by atoms with van der Waals surface area (Å²) in [5, 5.41) is 6.24. The number of carbonyl (C=O) groups is 2. The minimum atomic E-state index is -0.128. The topological polar surface area (TPSA) is 80.3 Å². The van der Waals surface area contributed by atoms with E-state index in [0.717, 1.165) is 37.2 Å². The van der Waals surface area contributed by atoms with Gasteiger partial charge >= 0.3 is 0 Å². The monoisotopic (exact) mass is 443 g/mol. The van der Waals surface area contributed by atoms with Gasteiger partial charge in [-0.15, -0.1) is 22.7 Å². The molecule has 0 unspecified atom stereocenters. The number of thiophene rings is 1. The van der Waals surface area contributed by atoms with Crippen molar-refractivity contribution in [1.82, 2.24) is 10.3 Å². The Morgan fingerprint density at radius 2 is 1.80 bits per heavy atom. The number of aryl methyl sites for hydroxylation is 3. The fourth-order valence-corrected chi connectivity index (χ4v) is 4.85. The van der Waals surface area contributed by atoms with Gasteiger partial charge in [0.2, 0.25) is 11.8 Å². The molecule has 0 atom stereocenters. The average Bonchev–Trinajstić information content (AvgIpc) is 3.25. The number of thiazole rings is 1.